The van der Waals surface area contributed by atoms with Crippen LogP contribution >= 0.6 is 0 Å². The largest absolute Gasteiger partial charge is 0.384 e. The molecule has 2 atom stereocenters. The lowest BCUT2D eigenvalue weighted by molar-refractivity contribution is 0.146. The summed E-state index contributed by atoms with van der Waals surface area (Å²) in [5.41, 5.74) is 1.04. The lowest BCUT2D eigenvalue weighted by atomic mass is 9.87. The van der Waals surface area contributed by atoms with Gasteiger partial charge in [0.2, 0.25) is 0 Å². The zero-order valence-corrected chi connectivity index (χ0v) is 11.6. The van der Waals surface area contributed by atoms with E-state index in [9.17, 15) is 4.39 Å². The molecule has 0 aliphatic heterocycles. The highest BCUT2D eigenvalue weighted by Crippen LogP contribution is 2.24. The van der Waals surface area contributed by atoms with Gasteiger partial charge in [-0.2, -0.15) is 0 Å². The van der Waals surface area contributed by atoms with Crippen molar-refractivity contribution in [3.8, 4) is 0 Å². The van der Waals surface area contributed by atoms with E-state index in [4.69, 9.17) is 4.74 Å². The van der Waals surface area contributed by atoms with Gasteiger partial charge in [0, 0.05) is 26.2 Å². The predicted octanol–water partition coefficient (Wildman–Crippen LogP) is 3.19. The lowest BCUT2D eigenvalue weighted by Crippen LogP contribution is -2.28. The normalized spacial score (nSPS) is 14.4. The van der Waals surface area contributed by atoms with Crippen molar-refractivity contribution in [1.29, 1.82) is 0 Å². The van der Waals surface area contributed by atoms with Crippen molar-refractivity contribution in [3.05, 3.63) is 35.6 Å². The SMILES string of the molecule is CCCNCC(c1cccc(F)c1)C(C)COC. The Balaban J connectivity index is 2.75. The second-order valence-electron chi connectivity index (χ2n) is 4.80. The van der Waals surface area contributed by atoms with E-state index in [-0.39, 0.29) is 11.7 Å². The van der Waals surface area contributed by atoms with Crippen LogP contribution in [0.3, 0.4) is 0 Å². The summed E-state index contributed by atoms with van der Waals surface area (Å²) in [6.45, 7) is 6.83. The molecule has 0 saturated carbocycles. The second-order valence-corrected chi connectivity index (χ2v) is 4.80. The van der Waals surface area contributed by atoms with Crippen LogP contribution in [0.5, 0.6) is 0 Å². The maximum Gasteiger partial charge on any atom is 0.123 e. The van der Waals surface area contributed by atoms with Crippen molar-refractivity contribution in [2.45, 2.75) is 26.2 Å². The summed E-state index contributed by atoms with van der Waals surface area (Å²) in [6.07, 6.45) is 1.11. The van der Waals surface area contributed by atoms with Crippen molar-refractivity contribution < 1.29 is 9.13 Å². The summed E-state index contributed by atoms with van der Waals surface area (Å²) >= 11 is 0. The molecule has 18 heavy (non-hydrogen) atoms. The number of ether oxygens (including phenoxy) is 1. The van der Waals surface area contributed by atoms with Crippen molar-refractivity contribution in [1.82, 2.24) is 5.32 Å². The van der Waals surface area contributed by atoms with E-state index in [1.165, 1.54) is 6.07 Å². The topological polar surface area (TPSA) is 21.3 Å². The van der Waals surface area contributed by atoms with E-state index in [0.29, 0.717) is 12.5 Å². The molecule has 1 aromatic rings. The standard InChI is InChI=1S/C15H24FNO/c1-4-8-17-10-15(12(2)11-18-3)13-6-5-7-14(16)9-13/h5-7,9,12,15,17H,4,8,10-11H2,1-3H3. The fraction of sp³-hybridized carbons (Fsp3) is 0.600. The molecule has 0 aliphatic rings. The third kappa shape index (κ3) is 4.75. The van der Waals surface area contributed by atoms with Crippen LogP contribution in [0.4, 0.5) is 4.39 Å². The van der Waals surface area contributed by atoms with E-state index in [2.05, 4.69) is 19.2 Å². The third-order valence-corrected chi connectivity index (χ3v) is 3.18. The number of hydrogen-bond donors (Lipinski definition) is 1. The number of methoxy groups -OCH3 is 1. The molecule has 0 radical (unpaired) electrons. The van der Waals surface area contributed by atoms with Crippen molar-refractivity contribution >= 4 is 0 Å². The molecule has 2 unspecified atom stereocenters. The average molecular weight is 253 g/mol. The van der Waals surface area contributed by atoms with Crippen LogP contribution < -0.4 is 5.32 Å². The van der Waals surface area contributed by atoms with Gasteiger partial charge >= 0.3 is 0 Å². The fourth-order valence-electron chi connectivity index (χ4n) is 2.20. The molecule has 102 valence electrons. The first-order valence-corrected chi connectivity index (χ1v) is 6.64. The maximum absolute atomic E-state index is 13.3. The molecule has 0 saturated heterocycles. The molecule has 1 aromatic carbocycles. The number of halogens is 1. The van der Waals surface area contributed by atoms with E-state index in [1.807, 2.05) is 6.07 Å². The van der Waals surface area contributed by atoms with Crippen LogP contribution in [-0.2, 0) is 4.74 Å². The van der Waals surface area contributed by atoms with Gasteiger partial charge in [-0.25, -0.2) is 4.39 Å². The Hall–Kier alpha value is -0.930. The predicted molar refractivity (Wildman–Crippen MR) is 73.3 cm³/mol. The van der Waals surface area contributed by atoms with Gasteiger partial charge in [-0.15, -0.1) is 0 Å². The summed E-state index contributed by atoms with van der Waals surface area (Å²) in [5.74, 6) is 0.478. The van der Waals surface area contributed by atoms with Gasteiger partial charge in [0.25, 0.3) is 0 Å². The van der Waals surface area contributed by atoms with Crippen LogP contribution in [0.1, 0.15) is 31.7 Å². The Morgan fingerprint density at radius 2 is 2.17 bits per heavy atom. The summed E-state index contributed by atoms with van der Waals surface area (Å²) < 4.78 is 18.5. The molecule has 0 bridgehead atoms. The summed E-state index contributed by atoms with van der Waals surface area (Å²) in [4.78, 5) is 0. The van der Waals surface area contributed by atoms with Gasteiger partial charge in [-0.3, -0.25) is 0 Å². The average Bonchev–Trinajstić information content (AvgIpc) is 2.35. The van der Waals surface area contributed by atoms with Gasteiger partial charge in [0.15, 0.2) is 0 Å². The molecular formula is C15H24FNO. The highest BCUT2D eigenvalue weighted by Gasteiger charge is 2.19. The minimum atomic E-state index is -0.169. The number of rotatable bonds is 8. The molecule has 0 fully saturated rings. The lowest BCUT2D eigenvalue weighted by Gasteiger charge is -2.24. The van der Waals surface area contributed by atoms with Gasteiger partial charge in [0.05, 0.1) is 0 Å². The first kappa shape index (κ1) is 15.1. The second kappa shape index (κ2) is 8.22. The highest BCUT2D eigenvalue weighted by atomic mass is 19.1. The molecule has 0 amide bonds. The molecule has 0 spiro atoms. The number of nitrogens with one attached hydrogen (secondary N) is 1. The van der Waals surface area contributed by atoms with Gasteiger partial charge in [-0.05, 0) is 36.6 Å². The first-order valence-electron chi connectivity index (χ1n) is 6.64. The van der Waals surface area contributed by atoms with Crippen LogP contribution in [0, 0.1) is 11.7 Å². The Morgan fingerprint density at radius 3 is 2.78 bits per heavy atom. The molecule has 1 N–H and O–H groups in total. The quantitative estimate of drug-likeness (QED) is 0.718. The van der Waals surface area contributed by atoms with E-state index in [1.54, 1.807) is 19.2 Å². The van der Waals surface area contributed by atoms with Crippen LogP contribution in [-0.4, -0.2) is 26.8 Å². The van der Waals surface area contributed by atoms with E-state index >= 15 is 0 Å². The smallest absolute Gasteiger partial charge is 0.123 e. The van der Waals surface area contributed by atoms with Crippen molar-refractivity contribution in [2.75, 3.05) is 26.8 Å². The van der Waals surface area contributed by atoms with Crippen molar-refractivity contribution in [2.24, 2.45) is 5.92 Å². The number of hydrogen-bond acceptors (Lipinski definition) is 2. The fourth-order valence-corrected chi connectivity index (χ4v) is 2.20. The molecule has 0 aliphatic carbocycles. The molecule has 2 nitrogen and oxygen atoms in total. The first-order chi connectivity index (χ1) is 8.69. The van der Waals surface area contributed by atoms with Crippen molar-refractivity contribution in [3.63, 3.8) is 0 Å². The molecule has 1 rings (SSSR count). The van der Waals surface area contributed by atoms with E-state index < -0.39 is 0 Å². The molecule has 0 heterocycles. The molecular weight excluding hydrogens is 229 g/mol. The van der Waals surface area contributed by atoms with Crippen LogP contribution in [0.2, 0.25) is 0 Å². The zero-order chi connectivity index (χ0) is 13.4. The third-order valence-electron chi connectivity index (χ3n) is 3.18. The highest BCUT2D eigenvalue weighted by molar-refractivity contribution is 5.21. The van der Waals surface area contributed by atoms with E-state index in [0.717, 1.165) is 25.1 Å². The van der Waals surface area contributed by atoms with Gasteiger partial charge in [0.1, 0.15) is 5.82 Å². The van der Waals surface area contributed by atoms with Gasteiger partial charge < -0.3 is 10.1 Å². The Morgan fingerprint density at radius 1 is 1.39 bits per heavy atom. The number of benzene rings is 1. The van der Waals surface area contributed by atoms with Crippen LogP contribution in [0.15, 0.2) is 24.3 Å². The molecule has 0 aromatic heterocycles. The minimum Gasteiger partial charge on any atom is -0.384 e. The monoisotopic (exact) mass is 253 g/mol. The summed E-state index contributed by atoms with van der Waals surface area (Å²) in [6, 6.07) is 6.88. The molecule has 3 heteroatoms. The summed E-state index contributed by atoms with van der Waals surface area (Å²) in [5, 5.41) is 3.41. The Bertz CT molecular complexity index is 343. The minimum absolute atomic E-state index is 0.169. The van der Waals surface area contributed by atoms with Crippen LogP contribution in [0.25, 0.3) is 0 Å². The summed E-state index contributed by atoms with van der Waals surface area (Å²) in [7, 11) is 1.71. The zero-order valence-electron chi connectivity index (χ0n) is 11.6. The Labute approximate surface area is 110 Å². The Kier molecular flexibility index (Phi) is 6.91. The maximum atomic E-state index is 13.3. The van der Waals surface area contributed by atoms with Gasteiger partial charge in [-0.1, -0.05) is 26.0 Å².